The van der Waals surface area contributed by atoms with Gasteiger partial charge in [-0.2, -0.15) is 0 Å². The molecule has 0 radical (unpaired) electrons. The lowest BCUT2D eigenvalue weighted by Crippen LogP contribution is -2.19. The van der Waals surface area contributed by atoms with Crippen LogP contribution in [0.1, 0.15) is 43.7 Å². The molecular weight excluding hydrogens is 455 g/mol. The molecule has 5 nitrogen and oxygen atoms in total. The SMILES string of the molecule is COc1c(Br)cc(C(C)C)c(/C=C/C(O)CC(O)CC(=O)O)c1-c1ccc(F)cc1. The van der Waals surface area contributed by atoms with Crippen molar-refractivity contribution in [1.82, 2.24) is 0 Å². The first-order valence-corrected chi connectivity index (χ1v) is 10.4. The number of halogens is 2. The zero-order chi connectivity index (χ0) is 22.4. The predicted molar refractivity (Wildman–Crippen MR) is 118 cm³/mol. The van der Waals surface area contributed by atoms with Gasteiger partial charge in [0.25, 0.3) is 0 Å². The first-order valence-electron chi connectivity index (χ1n) is 9.56. The fraction of sp³-hybridized carbons (Fsp3) is 0.348. The van der Waals surface area contributed by atoms with E-state index in [1.807, 2.05) is 19.9 Å². The summed E-state index contributed by atoms with van der Waals surface area (Å²) in [4.78, 5) is 10.7. The van der Waals surface area contributed by atoms with Gasteiger partial charge >= 0.3 is 5.97 Å². The third kappa shape index (κ3) is 6.14. The highest BCUT2D eigenvalue weighted by molar-refractivity contribution is 9.10. The third-order valence-corrected chi connectivity index (χ3v) is 5.26. The Morgan fingerprint density at radius 3 is 2.40 bits per heavy atom. The molecule has 0 aliphatic rings. The molecule has 0 saturated heterocycles. The minimum Gasteiger partial charge on any atom is -0.495 e. The molecule has 2 unspecified atom stereocenters. The number of hydrogen-bond donors (Lipinski definition) is 3. The average Bonchev–Trinajstić information content (AvgIpc) is 2.66. The van der Waals surface area contributed by atoms with Gasteiger partial charge in [-0.05, 0) is 56.7 Å². The summed E-state index contributed by atoms with van der Waals surface area (Å²) in [5.74, 6) is -0.763. The van der Waals surface area contributed by atoms with Gasteiger partial charge in [0.05, 0.1) is 30.2 Å². The zero-order valence-electron chi connectivity index (χ0n) is 17.1. The van der Waals surface area contributed by atoms with Gasteiger partial charge in [0.2, 0.25) is 0 Å². The Labute approximate surface area is 184 Å². The van der Waals surface area contributed by atoms with E-state index in [4.69, 9.17) is 9.84 Å². The molecule has 2 aromatic carbocycles. The number of ether oxygens (including phenoxy) is 1. The molecule has 0 saturated carbocycles. The maximum absolute atomic E-state index is 13.5. The highest BCUT2D eigenvalue weighted by atomic mass is 79.9. The number of carboxylic acid groups (broad SMARTS) is 1. The molecule has 2 aromatic rings. The largest absolute Gasteiger partial charge is 0.495 e. The average molecular weight is 481 g/mol. The lowest BCUT2D eigenvalue weighted by molar-refractivity contribution is -0.139. The number of aliphatic hydroxyl groups is 2. The first kappa shape index (κ1) is 24.1. The Kier molecular flexibility index (Phi) is 8.58. The Morgan fingerprint density at radius 1 is 1.23 bits per heavy atom. The quantitative estimate of drug-likeness (QED) is 0.470. The monoisotopic (exact) mass is 480 g/mol. The van der Waals surface area contributed by atoms with Crippen molar-refractivity contribution in [3.05, 3.63) is 57.8 Å². The number of hydrogen-bond acceptors (Lipinski definition) is 4. The van der Waals surface area contributed by atoms with Crippen LogP contribution in [0.4, 0.5) is 4.39 Å². The van der Waals surface area contributed by atoms with Crippen molar-refractivity contribution in [2.75, 3.05) is 7.11 Å². The minimum absolute atomic E-state index is 0.0979. The van der Waals surface area contributed by atoms with Crippen LogP contribution in [0.5, 0.6) is 5.75 Å². The van der Waals surface area contributed by atoms with Crippen molar-refractivity contribution in [3.63, 3.8) is 0 Å². The summed E-state index contributed by atoms with van der Waals surface area (Å²) in [5.41, 5.74) is 3.27. The summed E-state index contributed by atoms with van der Waals surface area (Å²) in [7, 11) is 1.55. The summed E-state index contributed by atoms with van der Waals surface area (Å²) in [6.45, 7) is 4.07. The van der Waals surface area contributed by atoms with Crippen molar-refractivity contribution in [1.29, 1.82) is 0 Å². The molecule has 0 aliphatic carbocycles. The van der Waals surface area contributed by atoms with E-state index in [9.17, 15) is 19.4 Å². The van der Waals surface area contributed by atoms with Gasteiger partial charge in [-0.3, -0.25) is 4.79 Å². The van der Waals surface area contributed by atoms with E-state index in [1.165, 1.54) is 18.2 Å². The van der Waals surface area contributed by atoms with Crippen LogP contribution in [0, 0.1) is 5.82 Å². The molecule has 162 valence electrons. The fourth-order valence-electron chi connectivity index (χ4n) is 3.28. The maximum Gasteiger partial charge on any atom is 0.305 e. The highest BCUT2D eigenvalue weighted by Crippen LogP contribution is 2.43. The van der Waals surface area contributed by atoms with Gasteiger partial charge in [-0.15, -0.1) is 0 Å². The lowest BCUT2D eigenvalue weighted by atomic mass is 9.88. The molecule has 0 spiro atoms. The van der Waals surface area contributed by atoms with E-state index in [1.54, 1.807) is 25.3 Å². The first-order chi connectivity index (χ1) is 14.1. The molecule has 7 heteroatoms. The second-order valence-electron chi connectivity index (χ2n) is 7.34. The molecular formula is C23H26BrFO5. The minimum atomic E-state index is -1.15. The smallest absolute Gasteiger partial charge is 0.305 e. The van der Waals surface area contributed by atoms with Crippen LogP contribution in [0.15, 0.2) is 40.9 Å². The van der Waals surface area contributed by atoms with Crippen molar-refractivity contribution < 1.29 is 29.2 Å². The molecule has 0 amide bonds. The van der Waals surface area contributed by atoms with E-state index in [-0.39, 0.29) is 18.2 Å². The van der Waals surface area contributed by atoms with Gasteiger partial charge in [-0.1, -0.05) is 38.1 Å². The van der Waals surface area contributed by atoms with Crippen LogP contribution in [-0.2, 0) is 4.79 Å². The van der Waals surface area contributed by atoms with Crippen LogP contribution in [0.2, 0.25) is 0 Å². The van der Waals surface area contributed by atoms with E-state index in [0.717, 1.165) is 26.7 Å². The molecule has 0 aliphatic heterocycles. The summed E-state index contributed by atoms with van der Waals surface area (Å²) in [6, 6.07) is 8.01. The molecule has 2 atom stereocenters. The number of methoxy groups -OCH3 is 1. The van der Waals surface area contributed by atoms with E-state index in [0.29, 0.717) is 5.75 Å². The van der Waals surface area contributed by atoms with Gasteiger partial charge in [-0.25, -0.2) is 4.39 Å². The number of carboxylic acids is 1. The van der Waals surface area contributed by atoms with Crippen molar-refractivity contribution >= 4 is 28.0 Å². The molecule has 0 bridgehead atoms. The number of aliphatic carboxylic acids is 1. The van der Waals surface area contributed by atoms with Crippen molar-refractivity contribution in [2.24, 2.45) is 0 Å². The van der Waals surface area contributed by atoms with Crippen LogP contribution in [0.25, 0.3) is 17.2 Å². The summed E-state index contributed by atoms with van der Waals surface area (Å²) in [6.07, 6.45) is 0.542. The Balaban J connectivity index is 2.55. The van der Waals surface area contributed by atoms with Gasteiger partial charge in [0.15, 0.2) is 0 Å². The van der Waals surface area contributed by atoms with Crippen LogP contribution >= 0.6 is 15.9 Å². The molecule has 30 heavy (non-hydrogen) atoms. The normalized spacial score (nSPS) is 13.6. The zero-order valence-corrected chi connectivity index (χ0v) is 18.7. The maximum atomic E-state index is 13.5. The molecule has 0 fully saturated rings. The summed E-state index contributed by atoms with van der Waals surface area (Å²) >= 11 is 3.55. The van der Waals surface area contributed by atoms with E-state index >= 15 is 0 Å². The Bertz CT molecular complexity index is 909. The summed E-state index contributed by atoms with van der Waals surface area (Å²) < 4.78 is 19.8. The number of carbonyl (C=O) groups is 1. The van der Waals surface area contributed by atoms with E-state index < -0.39 is 24.6 Å². The fourth-order valence-corrected chi connectivity index (χ4v) is 3.88. The van der Waals surface area contributed by atoms with Crippen LogP contribution in [-0.4, -0.2) is 40.6 Å². The van der Waals surface area contributed by atoms with Crippen molar-refractivity contribution in [2.45, 2.75) is 44.8 Å². The van der Waals surface area contributed by atoms with Crippen LogP contribution in [0.3, 0.4) is 0 Å². The predicted octanol–water partition coefficient (Wildman–Crippen LogP) is 4.99. The topological polar surface area (TPSA) is 87.0 Å². The molecule has 0 heterocycles. The number of rotatable bonds is 9. The molecule has 2 rings (SSSR count). The molecule has 0 aromatic heterocycles. The molecule has 3 N–H and O–H groups in total. The Morgan fingerprint density at radius 2 is 1.87 bits per heavy atom. The van der Waals surface area contributed by atoms with E-state index in [2.05, 4.69) is 15.9 Å². The highest BCUT2D eigenvalue weighted by Gasteiger charge is 2.20. The second-order valence-corrected chi connectivity index (χ2v) is 8.20. The summed E-state index contributed by atoms with van der Waals surface area (Å²) in [5, 5.41) is 28.8. The standard InChI is InChI=1S/C23H26BrFO5/c1-13(2)19-12-20(24)23(30-3)22(14-4-6-15(25)7-5-14)18(19)9-8-16(26)10-17(27)11-21(28)29/h4-9,12-13,16-17,26-27H,10-11H2,1-3H3,(H,28,29)/b9-8+. The second kappa shape index (κ2) is 10.7. The van der Waals surface area contributed by atoms with Gasteiger partial charge < -0.3 is 20.1 Å². The van der Waals surface area contributed by atoms with Gasteiger partial charge in [0.1, 0.15) is 11.6 Å². The lowest BCUT2D eigenvalue weighted by Gasteiger charge is -2.20. The number of benzene rings is 2. The number of aliphatic hydroxyl groups excluding tert-OH is 2. The van der Waals surface area contributed by atoms with Crippen LogP contribution < -0.4 is 4.74 Å². The van der Waals surface area contributed by atoms with Crippen molar-refractivity contribution in [3.8, 4) is 16.9 Å². The third-order valence-electron chi connectivity index (χ3n) is 4.67. The Hall–Kier alpha value is -2.22. The van der Waals surface area contributed by atoms with Gasteiger partial charge in [0, 0.05) is 12.0 Å².